The molecule has 0 heterocycles. The minimum atomic E-state index is -0.513. The molecule has 0 aromatic heterocycles. The predicted octanol–water partition coefficient (Wildman–Crippen LogP) is 3.97. The van der Waals surface area contributed by atoms with Crippen molar-refractivity contribution in [1.29, 1.82) is 0 Å². The van der Waals surface area contributed by atoms with Crippen molar-refractivity contribution in [3.63, 3.8) is 0 Å². The third-order valence-electron chi connectivity index (χ3n) is 2.82. The zero-order valence-electron chi connectivity index (χ0n) is 10.2. The van der Waals surface area contributed by atoms with Crippen molar-refractivity contribution >= 4 is 33.4 Å². The van der Waals surface area contributed by atoms with Crippen LogP contribution in [0.1, 0.15) is 30.1 Å². The van der Waals surface area contributed by atoms with Crippen molar-refractivity contribution < 1.29 is 9.18 Å². The Kier molecular flexibility index (Phi) is 6.65. The molecule has 1 unspecified atom stereocenters. The molecule has 0 saturated carbocycles. The van der Waals surface area contributed by atoms with Crippen LogP contribution in [-0.2, 0) is 0 Å². The largest absolute Gasteiger partial charge is 0.352 e. The number of benzene rings is 1. The number of hydrogen-bond donors (Lipinski definition) is 1. The van der Waals surface area contributed by atoms with Gasteiger partial charge in [-0.05, 0) is 30.5 Å². The van der Waals surface area contributed by atoms with Gasteiger partial charge in [0, 0.05) is 16.9 Å². The second kappa shape index (κ2) is 7.74. The third-order valence-corrected chi connectivity index (χ3v) is 3.53. The minimum Gasteiger partial charge on any atom is -0.352 e. The Morgan fingerprint density at radius 2 is 2.28 bits per heavy atom. The molecule has 0 bridgehead atoms. The summed E-state index contributed by atoms with van der Waals surface area (Å²) in [7, 11) is 0. The van der Waals surface area contributed by atoms with Crippen LogP contribution in [0.25, 0.3) is 0 Å². The van der Waals surface area contributed by atoms with Gasteiger partial charge in [-0.3, -0.25) is 4.79 Å². The Balaban J connectivity index is 2.62. The van der Waals surface area contributed by atoms with Crippen LogP contribution < -0.4 is 5.32 Å². The zero-order chi connectivity index (χ0) is 13.5. The summed E-state index contributed by atoms with van der Waals surface area (Å²) in [5.74, 6) is 0.00387. The fourth-order valence-electron chi connectivity index (χ4n) is 1.61. The number of rotatable bonds is 6. The van der Waals surface area contributed by atoms with Crippen LogP contribution >= 0.6 is 27.5 Å². The van der Waals surface area contributed by atoms with Crippen molar-refractivity contribution in [3.8, 4) is 0 Å². The fraction of sp³-hybridized carbons (Fsp3) is 0.462. The van der Waals surface area contributed by atoms with Gasteiger partial charge in [-0.1, -0.05) is 29.3 Å². The standard InChI is InChI=1S/C13H16BrClFNO/c1-2-9(5-6-15)8-17-13(18)11-7-10(14)3-4-12(11)16/h3-4,7,9H,2,5-6,8H2,1H3,(H,17,18). The van der Waals surface area contributed by atoms with Gasteiger partial charge in [0.25, 0.3) is 5.91 Å². The molecular weight excluding hydrogens is 321 g/mol. The number of halogens is 3. The minimum absolute atomic E-state index is 0.0603. The van der Waals surface area contributed by atoms with Crippen molar-refractivity contribution in [2.24, 2.45) is 5.92 Å². The van der Waals surface area contributed by atoms with Gasteiger partial charge in [-0.2, -0.15) is 0 Å². The Bertz CT molecular complexity index is 414. The first-order valence-electron chi connectivity index (χ1n) is 5.87. The molecule has 0 spiro atoms. The van der Waals surface area contributed by atoms with Crippen molar-refractivity contribution in [3.05, 3.63) is 34.1 Å². The van der Waals surface area contributed by atoms with Gasteiger partial charge in [0.15, 0.2) is 0 Å². The maximum Gasteiger partial charge on any atom is 0.254 e. The van der Waals surface area contributed by atoms with Crippen LogP contribution in [0.2, 0.25) is 0 Å². The average molecular weight is 337 g/mol. The van der Waals surface area contributed by atoms with E-state index < -0.39 is 5.82 Å². The zero-order valence-corrected chi connectivity index (χ0v) is 12.5. The second-order valence-corrected chi connectivity index (χ2v) is 5.38. The Hall–Kier alpha value is -0.610. The Morgan fingerprint density at radius 1 is 1.56 bits per heavy atom. The summed E-state index contributed by atoms with van der Waals surface area (Å²) in [6.45, 7) is 2.57. The van der Waals surface area contributed by atoms with E-state index in [2.05, 4.69) is 21.2 Å². The van der Waals surface area contributed by atoms with Crippen LogP contribution in [0.4, 0.5) is 4.39 Å². The van der Waals surface area contributed by atoms with Crippen LogP contribution in [-0.4, -0.2) is 18.3 Å². The summed E-state index contributed by atoms with van der Waals surface area (Å²) in [6, 6.07) is 4.32. The molecule has 0 fully saturated rings. The van der Waals surface area contributed by atoms with E-state index in [9.17, 15) is 9.18 Å². The first-order chi connectivity index (χ1) is 8.58. The highest BCUT2D eigenvalue weighted by molar-refractivity contribution is 9.10. The molecule has 1 amide bonds. The summed E-state index contributed by atoms with van der Waals surface area (Å²) in [5, 5.41) is 2.74. The molecule has 0 radical (unpaired) electrons. The van der Waals surface area contributed by atoms with Crippen LogP contribution in [0.5, 0.6) is 0 Å². The van der Waals surface area contributed by atoms with Gasteiger partial charge in [0.1, 0.15) is 5.82 Å². The topological polar surface area (TPSA) is 29.1 Å². The number of carbonyl (C=O) groups excluding carboxylic acids is 1. The lowest BCUT2D eigenvalue weighted by Crippen LogP contribution is -2.30. The fourth-order valence-corrected chi connectivity index (χ4v) is 2.28. The Morgan fingerprint density at radius 3 is 2.89 bits per heavy atom. The van der Waals surface area contributed by atoms with Crippen molar-refractivity contribution in [2.45, 2.75) is 19.8 Å². The summed E-state index contributed by atoms with van der Waals surface area (Å²) in [4.78, 5) is 11.8. The molecular formula is C13H16BrClFNO. The van der Waals surface area contributed by atoms with E-state index in [0.717, 1.165) is 12.8 Å². The molecule has 1 rings (SSSR count). The van der Waals surface area contributed by atoms with Gasteiger partial charge < -0.3 is 5.32 Å². The average Bonchev–Trinajstić information content (AvgIpc) is 2.37. The normalized spacial score (nSPS) is 12.2. The molecule has 5 heteroatoms. The molecule has 0 aliphatic heterocycles. The maximum absolute atomic E-state index is 13.5. The van der Waals surface area contributed by atoms with Crippen LogP contribution in [0, 0.1) is 11.7 Å². The van der Waals surface area contributed by atoms with E-state index in [1.54, 1.807) is 6.07 Å². The smallest absolute Gasteiger partial charge is 0.254 e. The summed E-state index contributed by atoms with van der Waals surface area (Å²) in [6.07, 6.45) is 1.78. The molecule has 1 atom stereocenters. The quantitative estimate of drug-likeness (QED) is 0.782. The Labute approximate surface area is 120 Å². The summed E-state index contributed by atoms with van der Waals surface area (Å²) in [5.41, 5.74) is 0.0603. The van der Waals surface area contributed by atoms with Gasteiger partial charge >= 0.3 is 0 Å². The highest BCUT2D eigenvalue weighted by Gasteiger charge is 2.13. The lowest BCUT2D eigenvalue weighted by molar-refractivity contribution is 0.0942. The van der Waals surface area contributed by atoms with E-state index >= 15 is 0 Å². The number of carbonyl (C=O) groups is 1. The molecule has 100 valence electrons. The highest BCUT2D eigenvalue weighted by atomic mass is 79.9. The first-order valence-corrected chi connectivity index (χ1v) is 7.20. The van der Waals surface area contributed by atoms with E-state index in [4.69, 9.17) is 11.6 Å². The van der Waals surface area contributed by atoms with Gasteiger partial charge in [0.2, 0.25) is 0 Å². The van der Waals surface area contributed by atoms with Crippen LogP contribution in [0.15, 0.2) is 22.7 Å². The van der Waals surface area contributed by atoms with E-state index in [-0.39, 0.29) is 11.5 Å². The van der Waals surface area contributed by atoms with Crippen LogP contribution in [0.3, 0.4) is 0 Å². The molecule has 1 aromatic rings. The van der Waals surface area contributed by atoms with Gasteiger partial charge in [0.05, 0.1) is 5.56 Å². The van der Waals surface area contributed by atoms with Gasteiger partial charge in [-0.15, -0.1) is 11.6 Å². The number of alkyl halides is 1. The lowest BCUT2D eigenvalue weighted by Gasteiger charge is -2.14. The molecule has 18 heavy (non-hydrogen) atoms. The van der Waals surface area contributed by atoms with Gasteiger partial charge in [-0.25, -0.2) is 4.39 Å². The summed E-state index contributed by atoms with van der Waals surface area (Å²) < 4.78 is 14.2. The number of nitrogens with one attached hydrogen (secondary N) is 1. The monoisotopic (exact) mass is 335 g/mol. The molecule has 0 saturated heterocycles. The molecule has 0 aliphatic carbocycles. The maximum atomic E-state index is 13.5. The molecule has 1 aromatic carbocycles. The molecule has 2 nitrogen and oxygen atoms in total. The highest BCUT2D eigenvalue weighted by Crippen LogP contribution is 2.16. The van der Waals surface area contributed by atoms with Crippen molar-refractivity contribution in [2.75, 3.05) is 12.4 Å². The number of hydrogen-bond acceptors (Lipinski definition) is 1. The summed E-state index contributed by atoms with van der Waals surface area (Å²) >= 11 is 8.89. The second-order valence-electron chi connectivity index (χ2n) is 4.09. The predicted molar refractivity (Wildman–Crippen MR) is 75.6 cm³/mol. The van der Waals surface area contributed by atoms with E-state index in [1.807, 2.05) is 6.92 Å². The van der Waals surface area contributed by atoms with Crippen molar-refractivity contribution in [1.82, 2.24) is 5.32 Å². The lowest BCUT2D eigenvalue weighted by atomic mass is 10.0. The van der Waals surface area contributed by atoms with E-state index in [1.165, 1.54) is 12.1 Å². The SMILES string of the molecule is CCC(CCCl)CNC(=O)c1cc(Br)ccc1F. The van der Waals surface area contributed by atoms with E-state index in [0.29, 0.717) is 22.8 Å². The third kappa shape index (κ3) is 4.58. The molecule has 0 aliphatic rings. The molecule has 1 N–H and O–H groups in total. The number of amides is 1. The first kappa shape index (κ1) is 15.4.